The van der Waals surface area contributed by atoms with Crippen LogP contribution in [0.4, 0.5) is 0 Å². The van der Waals surface area contributed by atoms with E-state index >= 15 is 0 Å². The molecule has 0 aliphatic rings. The SMILES string of the molecule is CCOC(OCC)C(=O)c1cnnn1C. The van der Waals surface area contributed by atoms with Crippen molar-refractivity contribution in [2.45, 2.75) is 20.1 Å². The Kier molecular flexibility index (Phi) is 4.38. The van der Waals surface area contributed by atoms with Crippen molar-refractivity contribution in [3.63, 3.8) is 0 Å². The first kappa shape index (κ1) is 11.8. The Bertz CT molecular complexity index is 318. The quantitative estimate of drug-likeness (QED) is 0.505. The Balaban J connectivity index is 2.76. The third kappa shape index (κ3) is 2.84. The van der Waals surface area contributed by atoms with Crippen molar-refractivity contribution >= 4 is 5.78 Å². The van der Waals surface area contributed by atoms with Gasteiger partial charge in [0.15, 0.2) is 0 Å². The van der Waals surface area contributed by atoms with Crippen LogP contribution >= 0.6 is 0 Å². The van der Waals surface area contributed by atoms with E-state index in [9.17, 15) is 4.79 Å². The van der Waals surface area contributed by atoms with Gasteiger partial charge in [0.25, 0.3) is 0 Å². The van der Waals surface area contributed by atoms with Crippen molar-refractivity contribution in [3.05, 3.63) is 11.9 Å². The number of ether oxygens (including phenoxy) is 2. The van der Waals surface area contributed by atoms with Gasteiger partial charge in [-0.05, 0) is 13.8 Å². The highest BCUT2D eigenvalue weighted by Gasteiger charge is 2.23. The highest BCUT2D eigenvalue weighted by molar-refractivity contribution is 5.96. The molecule has 0 unspecified atom stereocenters. The van der Waals surface area contributed by atoms with Crippen molar-refractivity contribution in [2.75, 3.05) is 13.2 Å². The zero-order chi connectivity index (χ0) is 11.3. The summed E-state index contributed by atoms with van der Waals surface area (Å²) < 4.78 is 11.8. The molecule has 1 aromatic rings. The lowest BCUT2D eigenvalue weighted by atomic mass is 10.3. The summed E-state index contributed by atoms with van der Waals surface area (Å²) in [5.74, 6) is -0.258. The molecule has 0 aliphatic heterocycles. The Labute approximate surface area is 88.2 Å². The lowest BCUT2D eigenvalue weighted by Crippen LogP contribution is -2.29. The van der Waals surface area contributed by atoms with Crippen LogP contribution < -0.4 is 0 Å². The number of rotatable bonds is 6. The summed E-state index contributed by atoms with van der Waals surface area (Å²) in [5.41, 5.74) is 0.377. The monoisotopic (exact) mass is 213 g/mol. The molecule has 6 nitrogen and oxygen atoms in total. The van der Waals surface area contributed by atoms with Gasteiger partial charge < -0.3 is 9.47 Å². The number of carbonyl (C=O) groups excluding carboxylic acids is 1. The van der Waals surface area contributed by atoms with E-state index < -0.39 is 6.29 Å². The molecule has 0 aromatic carbocycles. The van der Waals surface area contributed by atoms with E-state index in [1.54, 1.807) is 20.9 Å². The number of aryl methyl sites for hydroxylation is 1. The van der Waals surface area contributed by atoms with Crippen LogP contribution in [0.15, 0.2) is 6.20 Å². The van der Waals surface area contributed by atoms with E-state index in [-0.39, 0.29) is 5.78 Å². The van der Waals surface area contributed by atoms with Crippen molar-refractivity contribution in [1.29, 1.82) is 0 Å². The number of carbonyl (C=O) groups is 1. The molecule has 0 spiro atoms. The smallest absolute Gasteiger partial charge is 0.238 e. The standard InChI is InChI=1S/C9H15N3O3/c1-4-14-9(15-5-2)8(13)7-6-10-11-12(7)3/h6,9H,4-5H2,1-3H3. The maximum Gasteiger partial charge on any atom is 0.238 e. The van der Waals surface area contributed by atoms with Gasteiger partial charge in [0.1, 0.15) is 5.69 Å². The first-order valence-corrected chi connectivity index (χ1v) is 4.82. The summed E-state index contributed by atoms with van der Waals surface area (Å²) in [6.45, 7) is 4.45. The first-order valence-electron chi connectivity index (χ1n) is 4.82. The third-order valence-electron chi connectivity index (χ3n) is 1.82. The molecule has 0 N–H and O–H groups in total. The molecule has 0 saturated carbocycles. The minimum Gasteiger partial charge on any atom is -0.346 e. The Morgan fingerprint density at radius 3 is 2.47 bits per heavy atom. The molecule has 0 fully saturated rings. The van der Waals surface area contributed by atoms with Gasteiger partial charge in [-0.15, -0.1) is 5.10 Å². The van der Waals surface area contributed by atoms with Crippen LogP contribution in [0.5, 0.6) is 0 Å². The topological polar surface area (TPSA) is 66.2 Å². The van der Waals surface area contributed by atoms with Crippen molar-refractivity contribution in [3.8, 4) is 0 Å². The van der Waals surface area contributed by atoms with Gasteiger partial charge in [0, 0.05) is 20.3 Å². The van der Waals surface area contributed by atoms with Gasteiger partial charge in [0.2, 0.25) is 12.1 Å². The molecular formula is C9H15N3O3. The lowest BCUT2D eigenvalue weighted by molar-refractivity contribution is -0.107. The number of hydrogen-bond donors (Lipinski definition) is 0. The molecular weight excluding hydrogens is 198 g/mol. The predicted octanol–water partition coefficient (Wildman–Crippen LogP) is 0.397. The van der Waals surface area contributed by atoms with Crippen LogP contribution in [0.25, 0.3) is 0 Å². The van der Waals surface area contributed by atoms with Crippen LogP contribution in [0.2, 0.25) is 0 Å². The number of hydrogen-bond acceptors (Lipinski definition) is 5. The molecule has 1 rings (SSSR count). The molecule has 15 heavy (non-hydrogen) atoms. The molecule has 84 valence electrons. The summed E-state index contributed by atoms with van der Waals surface area (Å²) in [4.78, 5) is 11.9. The second kappa shape index (κ2) is 5.57. The van der Waals surface area contributed by atoms with E-state index in [4.69, 9.17) is 9.47 Å². The highest BCUT2D eigenvalue weighted by atomic mass is 16.7. The number of ketones is 1. The van der Waals surface area contributed by atoms with Crippen molar-refractivity contribution < 1.29 is 14.3 Å². The van der Waals surface area contributed by atoms with Crippen molar-refractivity contribution in [2.24, 2.45) is 7.05 Å². The normalized spacial score (nSPS) is 10.9. The Morgan fingerprint density at radius 2 is 2.07 bits per heavy atom. The molecule has 1 aromatic heterocycles. The number of nitrogens with zero attached hydrogens (tertiary/aromatic N) is 3. The second-order valence-corrected chi connectivity index (χ2v) is 2.85. The van der Waals surface area contributed by atoms with Crippen LogP contribution in [-0.2, 0) is 16.5 Å². The molecule has 0 aliphatic carbocycles. The Hall–Kier alpha value is -1.27. The van der Waals surface area contributed by atoms with Gasteiger partial charge in [-0.25, -0.2) is 4.68 Å². The van der Waals surface area contributed by atoms with Gasteiger partial charge in [-0.3, -0.25) is 4.79 Å². The predicted molar refractivity (Wildman–Crippen MR) is 52.4 cm³/mol. The maximum absolute atomic E-state index is 11.9. The van der Waals surface area contributed by atoms with Gasteiger partial charge >= 0.3 is 0 Å². The molecule has 0 radical (unpaired) electrons. The minimum absolute atomic E-state index is 0.258. The van der Waals surface area contributed by atoms with Crippen LogP contribution in [0, 0.1) is 0 Å². The van der Waals surface area contributed by atoms with Gasteiger partial charge in [0.05, 0.1) is 6.20 Å². The van der Waals surface area contributed by atoms with Crippen LogP contribution in [0.1, 0.15) is 24.3 Å². The summed E-state index contributed by atoms with van der Waals surface area (Å²) in [5, 5.41) is 7.30. The molecule has 1 heterocycles. The molecule has 0 amide bonds. The van der Waals surface area contributed by atoms with E-state index in [2.05, 4.69) is 10.3 Å². The second-order valence-electron chi connectivity index (χ2n) is 2.85. The zero-order valence-corrected chi connectivity index (χ0v) is 9.14. The maximum atomic E-state index is 11.9. The fourth-order valence-corrected chi connectivity index (χ4v) is 1.14. The van der Waals surface area contributed by atoms with E-state index in [0.29, 0.717) is 18.9 Å². The van der Waals surface area contributed by atoms with E-state index in [1.807, 2.05) is 0 Å². The molecule has 0 atom stereocenters. The number of Topliss-reactive ketones (excluding diaryl/α,β-unsaturated/α-hetero) is 1. The fourth-order valence-electron chi connectivity index (χ4n) is 1.14. The highest BCUT2D eigenvalue weighted by Crippen LogP contribution is 2.05. The molecule has 0 bridgehead atoms. The number of aromatic nitrogens is 3. The largest absolute Gasteiger partial charge is 0.346 e. The third-order valence-corrected chi connectivity index (χ3v) is 1.82. The van der Waals surface area contributed by atoms with Crippen LogP contribution in [0.3, 0.4) is 0 Å². The summed E-state index contributed by atoms with van der Waals surface area (Å²) in [7, 11) is 1.65. The van der Waals surface area contributed by atoms with Gasteiger partial charge in [-0.1, -0.05) is 5.21 Å². The van der Waals surface area contributed by atoms with Crippen molar-refractivity contribution in [1.82, 2.24) is 15.0 Å². The van der Waals surface area contributed by atoms with E-state index in [0.717, 1.165) is 0 Å². The fraction of sp³-hybridized carbons (Fsp3) is 0.667. The average Bonchev–Trinajstić information content (AvgIpc) is 2.63. The summed E-state index contributed by atoms with van der Waals surface area (Å²) in [6.07, 6.45) is 0.532. The first-order chi connectivity index (χ1) is 7.20. The lowest BCUT2D eigenvalue weighted by Gasteiger charge is -2.14. The summed E-state index contributed by atoms with van der Waals surface area (Å²) >= 11 is 0. The van der Waals surface area contributed by atoms with Gasteiger partial charge in [-0.2, -0.15) is 0 Å². The van der Waals surface area contributed by atoms with Crippen LogP contribution in [-0.4, -0.2) is 40.3 Å². The summed E-state index contributed by atoms with van der Waals surface area (Å²) in [6, 6.07) is 0. The zero-order valence-electron chi connectivity index (χ0n) is 9.14. The van der Waals surface area contributed by atoms with E-state index in [1.165, 1.54) is 10.9 Å². The molecule has 6 heteroatoms. The minimum atomic E-state index is -0.864. The average molecular weight is 213 g/mol. The Morgan fingerprint density at radius 1 is 1.47 bits per heavy atom. The molecule has 0 saturated heterocycles.